The van der Waals surface area contributed by atoms with Gasteiger partial charge >= 0.3 is 5.97 Å². The molecule has 0 saturated carbocycles. The Kier molecular flexibility index (Phi) is 8.16. The zero-order valence-corrected chi connectivity index (χ0v) is 18.1. The number of nitrogens with zero attached hydrogens (tertiary/aromatic N) is 1. The van der Waals surface area contributed by atoms with Gasteiger partial charge in [-0.2, -0.15) is 0 Å². The zero-order valence-electron chi connectivity index (χ0n) is 18.1. The number of aryl methyl sites for hydroxylation is 1. The number of rotatable bonds is 9. The minimum Gasteiger partial charge on any atom is -0.455 e. The smallest absolute Gasteiger partial charge is 0.316 e. The van der Waals surface area contributed by atoms with Gasteiger partial charge in [-0.1, -0.05) is 55.5 Å². The average molecular weight is 411 g/mol. The monoisotopic (exact) mass is 410 g/mol. The van der Waals surface area contributed by atoms with Crippen molar-refractivity contribution in [1.82, 2.24) is 4.90 Å². The van der Waals surface area contributed by atoms with Crippen LogP contribution in [0.5, 0.6) is 0 Å². The van der Waals surface area contributed by atoms with Crippen LogP contribution in [0.2, 0.25) is 0 Å². The molecule has 2 aromatic rings. The van der Waals surface area contributed by atoms with Gasteiger partial charge in [0.2, 0.25) is 5.91 Å². The first-order valence-corrected chi connectivity index (χ1v) is 10.1. The zero-order chi connectivity index (χ0) is 22.1. The third-order valence-corrected chi connectivity index (χ3v) is 4.93. The minimum atomic E-state index is -0.876. The first kappa shape index (κ1) is 23.1. The van der Waals surface area contributed by atoms with Gasteiger partial charge < -0.3 is 15.0 Å². The van der Waals surface area contributed by atoms with Gasteiger partial charge in [-0.05, 0) is 44.4 Å². The Morgan fingerprint density at radius 2 is 1.63 bits per heavy atom. The predicted molar refractivity (Wildman–Crippen MR) is 117 cm³/mol. The van der Waals surface area contributed by atoms with E-state index >= 15 is 0 Å². The summed E-state index contributed by atoms with van der Waals surface area (Å²) in [5.41, 5.74) is 1.59. The van der Waals surface area contributed by atoms with E-state index in [1.165, 1.54) is 4.90 Å². The van der Waals surface area contributed by atoms with Crippen LogP contribution in [-0.2, 0) is 24.5 Å². The first-order chi connectivity index (χ1) is 14.3. The molecule has 0 aliphatic heterocycles. The molecule has 30 heavy (non-hydrogen) atoms. The fraction of sp³-hybridized carbons (Fsp3) is 0.375. The number of carbonyl (C=O) groups is 3. The summed E-state index contributed by atoms with van der Waals surface area (Å²) in [6, 6.07) is 16.7. The quantitative estimate of drug-likeness (QED) is 0.640. The maximum absolute atomic E-state index is 12.6. The summed E-state index contributed by atoms with van der Waals surface area (Å²) in [6.07, 6.45) is 0.687. The number of nitrogens with one attached hydrogen (secondary N) is 1. The summed E-state index contributed by atoms with van der Waals surface area (Å²) in [5, 5.41) is 2.82. The molecule has 6 nitrogen and oxygen atoms in total. The van der Waals surface area contributed by atoms with Gasteiger partial charge in [0.1, 0.15) is 0 Å². The molecule has 1 N–H and O–H groups in total. The second kappa shape index (κ2) is 10.6. The average Bonchev–Trinajstić information content (AvgIpc) is 2.73. The van der Waals surface area contributed by atoms with Crippen LogP contribution in [0.1, 0.15) is 38.3 Å². The van der Waals surface area contributed by atoms with Crippen molar-refractivity contribution in [2.45, 2.75) is 39.5 Å². The summed E-state index contributed by atoms with van der Waals surface area (Å²) in [4.78, 5) is 39.0. The normalized spacial score (nSPS) is 10.9. The lowest BCUT2D eigenvalue weighted by molar-refractivity contribution is -0.156. The van der Waals surface area contributed by atoms with Crippen LogP contribution in [0, 0.1) is 6.92 Å². The van der Waals surface area contributed by atoms with E-state index in [-0.39, 0.29) is 12.5 Å². The highest BCUT2D eigenvalue weighted by Gasteiger charge is 2.32. The van der Waals surface area contributed by atoms with Gasteiger partial charge in [0, 0.05) is 12.2 Å². The molecule has 0 heterocycles. The van der Waals surface area contributed by atoms with E-state index < -0.39 is 23.9 Å². The number of anilines is 1. The lowest BCUT2D eigenvalue weighted by atomic mass is 9.85. The summed E-state index contributed by atoms with van der Waals surface area (Å²) >= 11 is 0. The molecule has 160 valence electrons. The van der Waals surface area contributed by atoms with E-state index in [4.69, 9.17) is 4.74 Å². The molecule has 0 atom stereocenters. The highest BCUT2D eigenvalue weighted by Crippen LogP contribution is 2.24. The number of carbonyl (C=O) groups excluding carboxylic acids is 3. The van der Waals surface area contributed by atoms with Gasteiger partial charge in [0.25, 0.3) is 5.91 Å². The molecule has 0 unspecified atom stereocenters. The van der Waals surface area contributed by atoms with Crippen LogP contribution in [0.15, 0.2) is 54.6 Å². The Balaban J connectivity index is 1.95. The molecule has 0 fully saturated rings. The number of amides is 2. The fourth-order valence-electron chi connectivity index (χ4n) is 3.01. The van der Waals surface area contributed by atoms with Crippen molar-refractivity contribution in [2.24, 2.45) is 0 Å². The second-order valence-corrected chi connectivity index (χ2v) is 7.75. The number of hydrogen-bond donors (Lipinski definition) is 1. The van der Waals surface area contributed by atoms with Crippen molar-refractivity contribution in [3.05, 3.63) is 65.7 Å². The lowest BCUT2D eigenvalue weighted by Gasteiger charge is -2.25. The maximum Gasteiger partial charge on any atom is 0.316 e. The molecule has 0 bridgehead atoms. The molecule has 0 aromatic heterocycles. The Morgan fingerprint density at radius 1 is 1.00 bits per heavy atom. The number of hydrogen-bond acceptors (Lipinski definition) is 4. The van der Waals surface area contributed by atoms with Gasteiger partial charge in [0.05, 0.1) is 12.0 Å². The summed E-state index contributed by atoms with van der Waals surface area (Å²) < 4.78 is 5.31. The molecular formula is C24H30N2O4. The molecule has 6 heteroatoms. The second-order valence-electron chi connectivity index (χ2n) is 7.75. The van der Waals surface area contributed by atoms with Crippen LogP contribution in [0.3, 0.4) is 0 Å². The molecule has 0 radical (unpaired) electrons. The van der Waals surface area contributed by atoms with Crippen LogP contribution in [0.4, 0.5) is 5.69 Å². The van der Waals surface area contributed by atoms with Gasteiger partial charge in [0.15, 0.2) is 6.61 Å². The first-order valence-electron chi connectivity index (χ1n) is 10.1. The SMILES string of the molecule is CCCN(CC(=O)Nc1ccccc1C)C(=O)COC(=O)C(C)(C)c1ccccc1. The molecular weight excluding hydrogens is 380 g/mol. The molecule has 2 aromatic carbocycles. The van der Waals surface area contributed by atoms with E-state index in [2.05, 4.69) is 5.32 Å². The third-order valence-electron chi connectivity index (χ3n) is 4.93. The maximum atomic E-state index is 12.6. The Labute approximate surface area is 178 Å². The number of benzene rings is 2. The highest BCUT2D eigenvalue weighted by atomic mass is 16.5. The topological polar surface area (TPSA) is 75.7 Å². The number of ether oxygens (including phenoxy) is 1. The van der Waals surface area contributed by atoms with E-state index in [1.54, 1.807) is 13.8 Å². The fourth-order valence-corrected chi connectivity index (χ4v) is 3.01. The molecule has 2 amide bonds. The van der Waals surface area contributed by atoms with Gasteiger partial charge in [-0.15, -0.1) is 0 Å². The van der Waals surface area contributed by atoms with E-state index in [0.717, 1.165) is 11.1 Å². The highest BCUT2D eigenvalue weighted by molar-refractivity contribution is 5.95. The Hall–Kier alpha value is -3.15. The predicted octanol–water partition coefficient (Wildman–Crippen LogP) is 3.69. The summed E-state index contributed by atoms with van der Waals surface area (Å²) in [6.45, 7) is 7.25. The molecule has 0 aliphatic rings. The molecule has 2 rings (SSSR count). The molecule has 0 aliphatic carbocycles. The Bertz CT molecular complexity index is 878. The number of esters is 1. The van der Waals surface area contributed by atoms with Crippen LogP contribution in [-0.4, -0.2) is 42.4 Å². The Morgan fingerprint density at radius 3 is 2.27 bits per heavy atom. The van der Waals surface area contributed by atoms with Crippen molar-refractivity contribution in [2.75, 3.05) is 25.0 Å². The minimum absolute atomic E-state index is 0.0966. The van der Waals surface area contributed by atoms with Crippen molar-refractivity contribution in [1.29, 1.82) is 0 Å². The van der Waals surface area contributed by atoms with E-state index in [0.29, 0.717) is 18.7 Å². The van der Waals surface area contributed by atoms with Crippen LogP contribution < -0.4 is 5.32 Å². The van der Waals surface area contributed by atoms with Crippen LogP contribution in [0.25, 0.3) is 0 Å². The van der Waals surface area contributed by atoms with Crippen molar-refractivity contribution in [3.8, 4) is 0 Å². The van der Waals surface area contributed by atoms with Gasteiger partial charge in [-0.25, -0.2) is 0 Å². The van der Waals surface area contributed by atoms with Gasteiger partial charge in [-0.3, -0.25) is 14.4 Å². The lowest BCUT2D eigenvalue weighted by Crippen LogP contribution is -2.42. The van der Waals surface area contributed by atoms with Crippen molar-refractivity contribution < 1.29 is 19.1 Å². The third kappa shape index (κ3) is 6.17. The van der Waals surface area contributed by atoms with Crippen LogP contribution >= 0.6 is 0 Å². The number of para-hydroxylation sites is 1. The summed E-state index contributed by atoms with van der Waals surface area (Å²) in [7, 11) is 0. The van der Waals surface area contributed by atoms with E-state index in [9.17, 15) is 14.4 Å². The molecule has 0 spiro atoms. The largest absolute Gasteiger partial charge is 0.455 e. The van der Waals surface area contributed by atoms with Crippen molar-refractivity contribution >= 4 is 23.5 Å². The van der Waals surface area contributed by atoms with E-state index in [1.807, 2.05) is 68.4 Å². The molecule has 0 saturated heterocycles. The van der Waals surface area contributed by atoms with Crippen molar-refractivity contribution in [3.63, 3.8) is 0 Å². The standard InChI is InChI=1S/C24H30N2O4/c1-5-15-26(16-21(27)25-20-14-10-9-11-18(20)2)22(28)17-30-23(29)24(3,4)19-12-7-6-8-13-19/h6-14H,5,15-17H2,1-4H3,(H,25,27). The summed E-state index contributed by atoms with van der Waals surface area (Å²) in [5.74, 6) is -1.17.